The third kappa shape index (κ3) is 1.52. The van der Waals surface area contributed by atoms with Crippen molar-refractivity contribution in [2.24, 2.45) is 15.2 Å². The molecule has 0 N–H and O–H groups in total. The van der Waals surface area contributed by atoms with Crippen LogP contribution >= 0.6 is 0 Å². The Morgan fingerprint density at radius 1 is 0.824 bits per heavy atom. The summed E-state index contributed by atoms with van der Waals surface area (Å²) < 4.78 is 0. The largest absolute Gasteiger partial charge is 0.256 e. The molecule has 17 heavy (non-hydrogen) atoms. The van der Waals surface area contributed by atoms with Crippen molar-refractivity contribution in [2.75, 3.05) is 0 Å². The molecule has 3 rings (SSSR count). The molecular weight excluding hydrogens is 214 g/mol. The van der Waals surface area contributed by atoms with E-state index >= 15 is 0 Å². The molecule has 3 heterocycles. The van der Waals surface area contributed by atoms with Crippen molar-refractivity contribution in [2.45, 2.75) is 5.66 Å². The van der Waals surface area contributed by atoms with Crippen LogP contribution < -0.4 is 0 Å². The predicted molar refractivity (Wildman–Crippen MR) is 62.6 cm³/mol. The number of pyridine rings is 2. The molecule has 2 aromatic rings. The van der Waals surface area contributed by atoms with Gasteiger partial charge >= 0.3 is 0 Å². The highest BCUT2D eigenvalue weighted by Crippen LogP contribution is 2.34. The molecule has 5 nitrogen and oxygen atoms in total. The van der Waals surface area contributed by atoms with E-state index in [1.807, 2.05) is 36.4 Å². The van der Waals surface area contributed by atoms with E-state index in [4.69, 9.17) is 0 Å². The van der Waals surface area contributed by atoms with Gasteiger partial charge in [0.25, 0.3) is 5.66 Å². The van der Waals surface area contributed by atoms with Crippen LogP contribution in [0.1, 0.15) is 11.4 Å². The lowest BCUT2D eigenvalue weighted by molar-refractivity contribution is 0.535. The molecule has 0 aromatic carbocycles. The van der Waals surface area contributed by atoms with Gasteiger partial charge in [0.1, 0.15) is 6.34 Å². The molecule has 0 unspecified atom stereocenters. The van der Waals surface area contributed by atoms with Crippen molar-refractivity contribution in [3.05, 3.63) is 60.2 Å². The van der Waals surface area contributed by atoms with E-state index in [-0.39, 0.29) is 0 Å². The Morgan fingerprint density at radius 2 is 1.47 bits per heavy atom. The van der Waals surface area contributed by atoms with Crippen LogP contribution in [0.4, 0.5) is 0 Å². The maximum Gasteiger partial charge on any atom is 0.256 e. The molecule has 0 saturated heterocycles. The van der Waals surface area contributed by atoms with Gasteiger partial charge in [0, 0.05) is 12.4 Å². The summed E-state index contributed by atoms with van der Waals surface area (Å²) in [7, 11) is 0. The molecule has 0 amide bonds. The number of rotatable bonds is 2. The molecule has 0 fully saturated rings. The second kappa shape index (κ2) is 3.86. The molecule has 0 aliphatic carbocycles. The summed E-state index contributed by atoms with van der Waals surface area (Å²) in [5.74, 6) is 0. The molecule has 2 aromatic heterocycles. The number of aliphatic imine (C=N–C) groups is 1. The Labute approximate surface area is 98.0 Å². The van der Waals surface area contributed by atoms with Crippen molar-refractivity contribution < 1.29 is 0 Å². The van der Waals surface area contributed by atoms with E-state index < -0.39 is 5.66 Å². The molecule has 0 atom stereocenters. The highest BCUT2D eigenvalue weighted by atomic mass is 15.3. The maximum absolute atomic E-state index is 4.32. The lowest BCUT2D eigenvalue weighted by atomic mass is 10.0. The fourth-order valence-corrected chi connectivity index (χ4v) is 1.75. The minimum atomic E-state index is -0.914. The smallest absolute Gasteiger partial charge is 0.256 e. The third-order valence-corrected chi connectivity index (χ3v) is 2.54. The molecule has 0 bridgehead atoms. The summed E-state index contributed by atoms with van der Waals surface area (Å²) in [5.41, 5.74) is 0.523. The molecule has 0 radical (unpaired) electrons. The van der Waals surface area contributed by atoms with Gasteiger partial charge in [-0.25, -0.2) is 4.99 Å². The van der Waals surface area contributed by atoms with Crippen molar-refractivity contribution in [3.8, 4) is 0 Å². The fraction of sp³-hybridized carbons (Fsp3) is 0.0833. The van der Waals surface area contributed by atoms with Gasteiger partial charge in [0.15, 0.2) is 0 Å². The first-order valence-corrected chi connectivity index (χ1v) is 5.20. The van der Waals surface area contributed by atoms with E-state index in [9.17, 15) is 0 Å². The average molecular weight is 223 g/mol. The van der Waals surface area contributed by atoms with Crippen LogP contribution in [0, 0.1) is 0 Å². The molecule has 1 aliphatic rings. The van der Waals surface area contributed by atoms with Crippen LogP contribution in [0.3, 0.4) is 0 Å². The van der Waals surface area contributed by atoms with Crippen LogP contribution in [-0.2, 0) is 5.66 Å². The third-order valence-electron chi connectivity index (χ3n) is 2.54. The second-order valence-electron chi connectivity index (χ2n) is 3.56. The molecule has 0 spiro atoms. The number of hydrogen-bond donors (Lipinski definition) is 0. The van der Waals surface area contributed by atoms with Crippen molar-refractivity contribution in [3.63, 3.8) is 0 Å². The maximum atomic E-state index is 4.32. The number of azo groups is 1. The van der Waals surface area contributed by atoms with E-state index in [2.05, 4.69) is 25.2 Å². The first-order chi connectivity index (χ1) is 8.42. The SMILES string of the molecule is C1=NC(c2ccccn2)(c2ccccn2)N=N1. The molecule has 82 valence electrons. The Morgan fingerprint density at radius 3 is 1.88 bits per heavy atom. The number of hydrogen-bond acceptors (Lipinski definition) is 5. The van der Waals surface area contributed by atoms with Crippen LogP contribution in [-0.4, -0.2) is 16.3 Å². The van der Waals surface area contributed by atoms with Gasteiger partial charge in [0.2, 0.25) is 0 Å². The number of aromatic nitrogens is 2. The van der Waals surface area contributed by atoms with Crippen molar-refractivity contribution in [1.29, 1.82) is 0 Å². The van der Waals surface area contributed by atoms with Crippen LogP contribution in [0.2, 0.25) is 0 Å². The predicted octanol–water partition coefficient (Wildman–Crippen LogP) is 2.17. The van der Waals surface area contributed by atoms with Gasteiger partial charge in [-0.2, -0.15) is 0 Å². The minimum absolute atomic E-state index is 0.719. The quantitative estimate of drug-likeness (QED) is 0.783. The summed E-state index contributed by atoms with van der Waals surface area (Å²) in [6, 6.07) is 11.2. The summed E-state index contributed by atoms with van der Waals surface area (Å²) in [6.45, 7) is 0. The fourth-order valence-electron chi connectivity index (χ4n) is 1.75. The van der Waals surface area contributed by atoms with E-state index in [1.54, 1.807) is 12.4 Å². The Hall–Kier alpha value is -2.43. The monoisotopic (exact) mass is 223 g/mol. The van der Waals surface area contributed by atoms with E-state index in [1.165, 1.54) is 6.34 Å². The Balaban J connectivity index is 2.19. The number of nitrogens with zero attached hydrogens (tertiary/aromatic N) is 5. The van der Waals surface area contributed by atoms with Crippen molar-refractivity contribution in [1.82, 2.24) is 9.97 Å². The van der Waals surface area contributed by atoms with Gasteiger partial charge in [0.05, 0.1) is 11.4 Å². The summed E-state index contributed by atoms with van der Waals surface area (Å²) >= 11 is 0. The zero-order valence-electron chi connectivity index (χ0n) is 8.93. The van der Waals surface area contributed by atoms with Gasteiger partial charge < -0.3 is 0 Å². The lowest BCUT2D eigenvalue weighted by Crippen LogP contribution is -2.23. The highest BCUT2D eigenvalue weighted by molar-refractivity contribution is 5.59. The molecule has 1 aliphatic heterocycles. The standard InChI is InChI=1S/C12H9N5/c1-3-7-13-10(5-1)12(15-9-16-17-12)11-6-2-4-8-14-11/h1-9H. The zero-order chi connectivity index (χ0) is 11.6. The zero-order valence-corrected chi connectivity index (χ0v) is 8.93. The normalized spacial score (nSPS) is 16.2. The second-order valence-corrected chi connectivity index (χ2v) is 3.56. The average Bonchev–Trinajstić information content (AvgIpc) is 2.91. The van der Waals surface area contributed by atoms with Gasteiger partial charge in [-0.3, -0.25) is 9.97 Å². The van der Waals surface area contributed by atoms with E-state index in [0.717, 1.165) is 11.4 Å². The Kier molecular flexibility index (Phi) is 2.22. The first-order valence-electron chi connectivity index (χ1n) is 5.20. The highest BCUT2D eigenvalue weighted by Gasteiger charge is 2.38. The molecular formula is C12H9N5. The van der Waals surface area contributed by atoms with Gasteiger partial charge in [-0.15, -0.1) is 10.2 Å². The summed E-state index contributed by atoms with van der Waals surface area (Å²) in [4.78, 5) is 12.9. The summed E-state index contributed by atoms with van der Waals surface area (Å²) in [5, 5.41) is 8.03. The van der Waals surface area contributed by atoms with Crippen LogP contribution in [0.25, 0.3) is 0 Å². The van der Waals surface area contributed by atoms with Crippen LogP contribution in [0.5, 0.6) is 0 Å². The molecule has 0 saturated carbocycles. The minimum Gasteiger partial charge on any atom is -0.256 e. The first kappa shape index (κ1) is 9.77. The van der Waals surface area contributed by atoms with Gasteiger partial charge in [-0.1, -0.05) is 12.1 Å². The Bertz CT molecular complexity index is 508. The molecule has 5 heteroatoms. The summed E-state index contributed by atoms with van der Waals surface area (Å²) in [6.07, 6.45) is 4.86. The van der Waals surface area contributed by atoms with E-state index in [0.29, 0.717) is 0 Å². The topological polar surface area (TPSA) is 62.9 Å². The van der Waals surface area contributed by atoms with Crippen molar-refractivity contribution >= 4 is 6.34 Å². The lowest BCUT2D eigenvalue weighted by Gasteiger charge is -2.19. The van der Waals surface area contributed by atoms with Crippen LogP contribution in [0.15, 0.2) is 64.0 Å². The van der Waals surface area contributed by atoms with Gasteiger partial charge in [-0.05, 0) is 24.3 Å².